The predicted molar refractivity (Wildman–Crippen MR) is 103 cm³/mol. The van der Waals surface area contributed by atoms with Gasteiger partial charge in [-0.05, 0) is 55.5 Å². The minimum atomic E-state index is -1.13. The smallest absolute Gasteiger partial charge is 0.314 e. The standard InChI is InChI=1S/C21H19F2N3O3/c22-14-6-8-16(23)17(10-14)25-20(28)19(27)24-15-7-5-12-2-1-9-26(18(12)11-15)21(29)13-3-4-13/h5-8,10-11,13H,1-4,9H2,(H,24,27)(H,25,28). The molecule has 0 radical (unpaired) electrons. The third-order valence-electron chi connectivity index (χ3n) is 5.04. The zero-order chi connectivity index (χ0) is 20.5. The molecule has 29 heavy (non-hydrogen) atoms. The van der Waals surface area contributed by atoms with Gasteiger partial charge in [-0.3, -0.25) is 14.4 Å². The van der Waals surface area contributed by atoms with Crippen molar-refractivity contribution in [1.29, 1.82) is 0 Å². The molecule has 1 saturated carbocycles. The first kappa shape index (κ1) is 19.0. The summed E-state index contributed by atoms with van der Waals surface area (Å²) in [4.78, 5) is 38.5. The van der Waals surface area contributed by atoms with Crippen LogP contribution in [0.2, 0.25) is 0 Å². The summed E-state index contributed by atoms with van der Waals surface area (Å²) in [6.45, 7) is 0.624. The Labute approximate surface area is 165 Å². The van der Waals surface area contributed by atoms with Gasteiger partial charge in [0.05, 0.1) is 5.69 Å². The number of benzene rings is 2. The summed E-state index contributed by atoms with van der Waals surface area (Å²) in [6, 6.07) is 7.70. The highest BCUT2D eigenvalue weighted by molar-refractivity contribution is 6.43. The van der Waals surface area contributed by atoms with Crippen molar-refractivity contribution in [3.05, 3.63) is 53.6 Å². The van der Waals surface area contributed by atoms with Crippen molar-refractivity contribution >= 4 is 34.8 Å². The van der Waals surface area contributed by atoms with Gasteiger partial charge in [0.25, 0.3) is 0 Å². The van der Waals surface area contributed by atoms with Crippen molar-refractivity contribution in [2.75, 3.05) is 22.1 Å². The van der Waals surface area contributed by atoms with Crippen molar-refractivity contribution in [1.82, 2.24) is 0 Å². The Morgan fingerprint density at radius 1 is 0.966 bits per heavy atom. The van der Waals surface area contributed by atoms with E-state index >= 15 is 0 Å². The van der Waals surface area contributed by atoms with Crippen LogP contribution < -0.4 is 15.5 Å². The molecule has 1 fully saturated rings. The molecule has 1 aliphatic carbocycles. The van der Waals surface area contributed by atoms with Gasteiger partial charge >= 0.3 is 11.8 Å². The van der Waals surface area contributed by atoms with Gasteiger partial charge in [-0.1, -0.05) is 6.07 Å². The molecule has 150 valence electrons. The molecule has 4 rings (SSSR count). The van der Waals surface area contributed by atoms with E-state index in [0.29, 0.717) is 12.2 Å². The molecule has 0 unspecified atom stereocenters. The fraction of sp³-hybridized carbons (Fsp3) is 0.286. The van der Waals surface area contributed by atoms with Gasteiger partial charge in [-0.2, -0.15) is 0 Å². The zero-order valence-corrected chi connectivity index (χ0v) is 15.5. The lowest BCUT2D eigenvalue weighted by atomic mass is 10.0. The van der Waals surface area contributed by atoms with E-state index < -0.39 is 29.1 Å². The van der Waals surface area contributed by atoms with Crippen molar-refractivity contribution in [3.63, 3.8) is 0 Å². The molecule has 0 spiro atoms. The molecule has 2 aromatic carbocycles. The zero-order valence-electron chi connectivity index (χ0n) is 15.5. The molecule has 3 amide bonds. The monoisotopic (exact) mass is 399 g/mol. The number of nitrogens with zero attached hydrogens (tertiary/aromatic N) is 1. The molecule has 0 bridgehead atoms. The largest absolute Gasteiger partial charge is 0.318 e. The maximum Gasteiger partial charge on any atom is 0.314 e. The van der Waals surface area contributed by atoms with Crippen molar-refractivity contribution in [2.24, 2.45) is 5.92 Å². The number of hydrogen-bond donors (Lipinski definition) is 2. The molecule has 2 aromatic rings. The Morgan fingerprint density at radius 3 is 2.48 bits per heavy atom. The number of fused-ring (bicyclic) bond motifs is 1. The Bertz CT molecular complexity index is 1000. The van der Waals surface area contributed by atoms with E-state index in [1.807, 2.05) is 6.07 Å². The fourth-order valence-electron chi connectivity index (χ4n) is 3.39. The highest BCUT2D eigenvalue weighted by Crippen LogP contribution is 2.36. The normalized spacial score (nSPS) is 15.4. The Hall–Kier alpha value is -3.29. The van der Waals surface area contributed by atoms with Gasteiger partial charge in [0, 0.05) is 29.9 Å². The Balaban J connectivity index is 1.48. The summed E-state index contributed by atoms with van der Waals surface area (Å²) < 4.78 is 26.9. The van der Waals surface area contributed by atoms with E-state index in [4.69, 9.17) is 0 Å². The minimum absolute atomic E-state index is 0.0751. The van der Waals surface area contributed by atoms with E-state index in [0.717, 1.165) is 55.1 Å². The van der Waals surface area contributed by atoms with E-state index in [1.165, 1.54) is 0 Å². The van der Waals surface area contributed by atoms with Gasteiger partial charge in [0.1, 0.15) is 11.6 Å². The number of amides is 3. The second kappa shape index (κ2) is 7.62. The first-order chi connectivity index (χ1) is 13.9. The number of nitrogens with one attached hydrogen (secondary N) is 2. The first-order valence-corrected chi connectivity index (χ1v) is 9.44. The third kappa shape index (κ3) is 4.11. The lowest BCUT2D eigenvalue weighted by Gasteiger charge is -2.30. The number of rotatable bonds is 3. The summed E-state index contributed by atoms with van der Waals surface area (Å²) in [6.07, 6.45) is 3.51. The summed E-state index contributed by atoms with van der Waals surface area (Å²) in [7, 11) is 0. The first-order valence-electron chi connectivity index (χ1n) is 9.44. The minimum Gasteiger partial charge on any atom is -0.318 e. The Morgan fingerprint density at radius 2 is 1.72 bits per heavy atom. The van der Waals surface area contributed by atoms with Crippen molar-refractivity contribution in [2.45, 2.75) is 25.7 Å². The Kier molecular flexibility index (Phi) is 5.00. The number of halogens is 2. The number of carbonyl (C=O) groups excluding carboxylic acids is 3. The maximum atomic E-state index is 13.6. The SMILES string of the molecule is O=C(Nc1ccc2c(c1)N(C(=O)C1CC1)CCC2)C(=O)Nc1cc(F)ccc1F. The van der Waals surface area contributed by atoms with Crippen LogP contribution in [-0.2, 0) is 20.8 Å². The van der Waals surface area contributed by atoms with Crippen LogP contribution in [0.3, 0.4) is 0 Å². The molecule has 0 saturated heterocycles. The van der Waals surface area contributed by atoms with Gasteiger partial charge in [0.15, 0.2) is 0 Å². The molecule has 1 aliphatic heterocycles. The van der Waals surface area contributed by atoms with E-state index in [-0.39, 0.29) is 11.8 Å². The van der Waals surface area contributed by atoms with Crippen LogP contribution in [-0.4, -0.2) is 24.3 Å². The lowest BCUT2D eigenvalue weighted by molar-refractivity contribution is -0.133. The molecule has 8 heteroatoms. The molecule has 0 atom stereocenters. The number of anilines is 3. The van der Waals surface area contributed by atoms with Gasteiger partial charge in [-0.15, -0.1) is 0 Å². The summed E-state index contributed by atoms with van der Waals surface area (Å²) in [5.74, 6) is -3.57. The maximum absolute atomic E-state index is 13.6. The lowest BCUT2D eigenvalue weighted by Crippen LogP contribution is -2.36. The quantitative estimate of drug-likeness (QED) is 0.778. The highest BCUT2D eigenvalue weighted by Gasteiger charge is 2.35. The van der Waals surface area contributed by atoms with Crippen LogP contribution in [0, 0.1) is 17.6 Å². The van der Waals surface area contributed by atoms with Crippen LogP contribution in [0.25, 0.3) is 0 Å². The fourth-order valence-corrected chi connectivity index (χ4v) is 3.39. The molecule has 1 heterocycles. The molecular formula is C21H19F2N3O3. The van der Waals surface area contributed by atoms with E-state index in [2.05, 4.69) is 10.6 Å². The predicted octanol–water partition coefficient (Wildman–Crippen LogP) is 3.23. The average molecular weight is 399 g/mol. The summed E-state index contributed by atoms with van der Waals surface area (Å²) in [5, 5.41) is 4.50. The highest BCUT2D eigenvalue weighted by atomic mass is 19.1. The van der Waals surface area contributed by atoms with Gasteiger partial charge < -0.3 is 15.5 Å². The molecule has 6 nitrogen and oxygen atoms in total. The second-order valence-electron chi connectivity index (χ2n) is 7.24. The van der Waals surface area contributed by atoms with Crippen LogP contribution in [0.1, 0.15) is 24.8 Å². The number of carbonyl (C=O) groups is 3. The summed E-state index contributed by atoms with van der Waals surface area (Å²) >= 11 is 0. The van der Waals surface area contributed by atoms with Crippen LogP contribution >= 0.6 is 0 Å². The average Bonchev–Trinajstić information content (AvgIpc) is 3.55. The van der Waals surface area contributed by atoms with E-state index in [9.17, 15) is 23.2 Å². The van der Waals surface area contributed by atoms with E-state index in [1.54, 1.807) is 17.0 Å². The molecular weight excluding hydrogens is 380 g/mol. The third-order valence-corrected chi connectivity index (χ3v) is 5.04. The van der Waals surface area contributed by atoms with Gasteiger partial charge in [0.2, 0.25) is 5.91 Å². The second-order valence-corrected chi connectivity index (χ2v) is 7.24. The van der Waals surface area contributed by atoms with Gasteiger partial charge in [-0.25, -0.2) is 8.78 Å². The van der Waals surface area contributed by atoms with Crippen LogP contribution in [0.4, 0.5) is 25.8 Å². The summed E-state index contributed by atoms with van der Waals surface area (Å²) in [5.41, 5.74) is 1.67. The number of hydrogen-bond acceptors (Lipinski definition) is 3. The van der Waals surface area contributed by atoms with Crippen LogP contribution in [0.15, 0.2) is 36.4 Å². The molecule has 0 aromatic heterocycles. The van der Waals surface area contributed by atoms with Crippen molar-refractivity contribution < 1.29 is 23.2 Å². The molecule has 2 aliphatic rings. The number of aryl methyl sites for hydroxylation is 1. The topological polar surface area (TPSA) is 78.5 Å². The molecule has 2 N–H and O–H groups in total. The van der Waals surface area contributed by atoms with Crippen molar-refractivity contribution in [3.8, 4) is 0 Å². The van der Waals surface area contributed by atoms with Crippen LogP contribution in [0.5, 0.6) is 0 Å².